The van der Waals surface area contributed by atoms with E-state index < -0.39 is 6.04 Å². The molecule has 2 aromatic rings. The molecular formula is C19H22N4O2S. The van der Waals surface area contributed by atoms with Gasteiger partial charge in [0.2, 0.25) is 5.91 Å². The number of nitrogens with two attached hydrogens (primary N) is 1. The van der Waals surface area contributed by atoms with Crippen LogP contribution in [0.1, 0.15) is 37.6 Å². The molecule has 0 fully saturated rings. The topological polar surface area (TPSA) is 100 Å². The zero-order valence-corrected chi connectivity index (χ0v) is 15.9. The fourth-order valence-corrected chi connectivity index (χ4v) is 3.34. The summed E-state index contributed by atoms with van der Waals surface area (Å²) in [6.07, 6.45) is 0.535. The Morgan fingerprint density at radius 2 is 1.96 bits per heavy atom. The highest BCUT2D eigenvalue weighted by Gasteiger charge is 2.27. The number of carbonyl (C=O) groups is 2. The number of nitrogens with zero attached hydrogens (tertiary/aromatic N) is 3. The van der Waals surface area contributed by atoms with Crippen LogP contribution in [0.2, 0.25) is 0 Å². The first-order valence-corrected chi connectivity index (χ1v) is 9.18. The molecule has 0 aliphatic rings. The highest BCUT2D eigenvalue weighted by molar-refractivity contribution is 7.04. The molecule has 26 heavy (non-hydrogen) atoms. The lowest BCUT2D eigenvalue weighted by Gasteiger charge is -2.23. The van der Waals surface area contributed by atoms with Crippen molar-refractivity contribution in [2.24, 2.45) is 11.7 Å². The lowest BCUT2D eigenvalue weighted by atomic mass is 10.0. The lowest BCUT2D eigenvalue weighted by molar-refractivity contribution is -0.120. The van der Waals surface area contributed by atoms with E-state index in [-0.39, 0.29) is 24.2 Å². The predicted octanol–water partition coefficient (Wildman–Crippen LogP) is 3.24. The van der Waals surface area contributed by atoms with Crippen molar-refractivity contribution in [3.63, 3.8) is 0 Å². The van der Waals surface area contributed by atoms with Gasteiger partial charge in [0, 0.05) is 16.5 Å². The number of benzene rings is 1. The molecule has 0 bridgehead atoms. The van der Waals surface area contributed by atoms with Gasteiger partial charge in [-0.15, -0.1) is 0 Å². The first-order valence-electron chi connectivity index (χ1n) is 8.34. The lowest BCUT2D eigenvalue weighted by Crippen LogP contribution is -2.45. The Labute approximate surface area is 157 Å². The van der Waals surface area contributed by atoms with Crippen molar-refractivity contribution < 1.29 is 9.59 Å². The van der Waals surface area contributed by atoms with Crippen LogP contribution in [-0.2, 0) is 4.79 Å². The van der Waals surface area contributed by atoms with E-state index in [9.17, 15) is 9.59 Å². The second-order valence-electron chi connectivity index (χ2n) is 6.50. The predicted molar refractivity (Wildman–Crippen MR) is 103 cm³/mol. The smallest absolute Gasteiger partial charge is 0.246 e. The third-order valence-electron chi connectivity index (χ3n) is 3.95. The maximum atomic E-state index is 12.8. The molecule has 0 aliphatic carbocycles. The van der Waals surface area contributed by atoms with E-state index in [2.05, 4.69) is 4.37 Å². The first kappa shape index (κ1) is 19.8. The monoisotopic (exact) mass is 370 g/mol. The summed E-state index contributed by atoms with van der Waals surface area (Å²) >= 11 is 1.21. The van der Waals surface area contributed by atoms with Gasteiger partial charge in [0.05, 0.1) is 12.1 Å². The molecule has 1 aromatic heterocycles. The highest BCUT2D eigenvalue weighted by Crippen LogP contribution is 2.32. The standard InChI is InChI=1S/C19H22N4O2S/c1-12(2)10-17(21)19(25)23(9-8-20)18-16(11-26-22-18)15-6-4-14(5-7-15)13(3)24/h4-7,11-12,17H,9-10,21H2,1-3H3/t17-/m0/s1. The SMILES string of the molecule is CC(=O)c1ccc(-c2csnc2N(CC#N)C(=O)[C@@H](N)CC(C)C)cc1. The number of amides is 1. The van der Waals surface area contributed by atoms with E-state index in [1.807, 2.05) is 37.4 Å². The molecule has 2 N–H and O–H groups in total. The zero-order chi connectivity index (χ0) is 19.3. The van der Waals surface area contributed by atoms with E-state index in [4.69, 9.17) is 11.0 Å². The molecule has 1 atom stereocenters. The summed E-state index contributed by atoms with van der Waals surface area (Å²) in [6.45, 7) is 5.38. The number of nitriles is 1. The Morgan fingerprint density at radius 3 is 2.50 bits per heavy atom. The van der Waals surface area contributed by atoms with Crippen LogP contribution in [0.3, 0.4) is 0 Å². The van der Waals surface area contributed by atoms with Gasteiger partial charge in [-0.3, -0.25) is 14.5 Å². The number of ketones is 1. The van der Waals surface area contributed by atoms with Crippen LogP contribution in [0.25, 0.3) is 11.1 Å². The zero-order valence-electron chi connectivity index (χ0n) is 15.1. The number of aromatic nitrogens is 1. The summed E-state index contributed by atoms with van der Waals surface area (Å²) in [5.41, 5.74) is 8.22. The summed E-state index contributed by atoms with van der Waals surface area (Å²) in [4.78, 5) is 25.6. The van der Waals surface area contributed by atoms with Crippen molar-refractivity contribution in [1.82, 2.24) is 4.37 Å². The van der Waals surface area contributed by atoms with Crippen molar-refractivity contribution in [2.75, 3.05) is 11.4 Å². The van der Waals surface area contributed by atoms with Crippen LogP contribution in [0.5, 0.6) is 0 Å². The molecule has 2 rings (SSSR count). The summed E-state index contributed by atoms with van der Waals surface area (Å²) in [5.74, 6) is 0.372. The number of hydrogen-bond donors (Lipinski definition) is 1. The molecule has 1 amide bonds. The molecular weight excluding hydrogens is 348 g/mol. The van der Waals surface area contributed by atoms with Crippen LogP contribution in [0, 0.1) is 17.2 Å². The Balaban J connectivity index is 2.37. The number of carbonyl (C=O) groups excluding carboxylic acids is 2. The number of rotatable bonds is 7. The average Bonchev–Trinajstić information content (AvgIpc) is 3.07. The minimum atomic E-state index is -0.682. The fourth-order valence-electron chi connectivity index (χ4n) is 2.64. The van der Waals surface area contributed by atoms with E-state index in [0.717, 1.165) is 11.1 Å². The Hall–Kier alpha value is -2.56. The second kappa shape index (κ2) is 8.70. The minimum absolute atomic E-state index is 0.0128. The van der Waals surface area contributed by atoms with Gasteiger partial charge >= 0.3 is 0 Å². The molecule has 1 heterocycles. The summed E-state index contributed by atoms with van der Waals surface area (Å²) in [6, 6.07) is 8.43. The van der Waals surface area contributed by atoms with Gasteiger partial charge in [-0.1, -0.05) is 38.1 Å². The second-order valence-corrected chi connectivity index (χ2v) is 7.13. The molecule has 0 aliphatic heterocycles. The minimum Gasteiger partial charge on any atom is -0.320 e. The van der Waals surface area contributed by atoms with Crippen molar-refractivity contribution in [3.8, 4) is 17.2 Å². The van der Waals surface area contributed by atoms with E-state index in [0.29, 0.717) is 17.8 Å². The fraction of sp³-hybridized carbons (Fsp3) is 0.368. The molecule has 6 nitrogen and oxygen atoms in total. The van der Waals surface area contributed by atoms with Crippen molar-refractivity contribution in [3.05, 3.63) is 35.2 Å². The van der Waals surface area contributed by atoms with Crippen LogP contribution in [0.15, 0.2) is 29.6 Å². The summed E-state index contributed by atoms with van der Waals surface area (Å²) in [5, 5.41) is 11.0. The van der Waals surface area contributed by atoms with Crippen molar-refractivity contribution >= 4 is 29.0 Å². The van der Waals surface area contributed by atoms with Crippen molar-refractivity contribution in [2.45, 2.75) is 33.2 Å². The quantitative estimate of drug-likeness (QED) is 0.596. The normalized spacial score (nSPS) is 11.8. The van der Waals surface area contributed by atoms with Gasteiger partial charge < -0.3 is 5.73 Å². The van der Waals surface area contributed by atoms with Gasteiger partial charge in [-0.25, -0.2) is 0 Å². The molecule has 0 radical (unpaired) electrons. The van der Waals surface area contributed by atoms with Gasteiger partial charge in [0.1, 0.15) is 6.54 Å². The first-order chi connectivity index (χ1) is 12.3. The van der Waals surface area contributed by atoms with Crippen LogP contribution in [-0.4, -0.2) is 28.7 Å². The molecule has 0 spiro atoms. The van der Waals surface area contributed by atoms with Gasteiger partial charge in [0.25, 0.3) is 0 Å². The maximum absolute atomic E-state index is 12.8. The van der Waals surface area contributed by atoms with Crippen LogP contribution >= 0.6 is 11.5 Å². The number of hydrogen-bond acceptors (Lipinski definition) is 6. The summed E-state index contributed by atoms with van der Waals surface area (Å²) < 4.78 is 4.32. The Morgan fingerprint density at radius 1 is 1.31 bits per heavy atom. The molecule has 0 saturated carbocycles. The largest absolute Gasteiger partial charge is 0.320 e. The maximum Gasteiger partial charge on any atom is 0.246 e. The van der Waals surface area contributed by atoms with E-state index >= 15 is 0 Å². The molecule has 0 unspecified atom stereocenters. The third-order valence-corrected chi connectivity index (χ3v) is 4.57. The Kier molecular flexibility index (Phi) is 6.61. The van der Waals surface area contributed by atoms with E-state index in [1.54, 1.807) is 12.1 Å². The molecule has 0 saturated heterocycles. The van der Waals surface area contributed by atoms with E-state index in [1.165, 1.54) is 23.4 Å². The third kappa shape index (κ3) is 4.54. The van der Waals surface area contributed by atoms with Crippen molar-refractivity contribution in [1.29, 1.82) is 5.26 Å². The van der Waals surface area contributed by atoms with Gasteiger partial charge in [-0.2, -0.15) is 9.64 Å². The van der Waals surface area contributed by atoms with Gasteiger partial charge in [-0.05, 0) is 36.4 Å². The molecule has 7 heteroatoms. The van der Waals surface area contributed by atoms with Crippen LogP contribution < -0.4 is 10.6 Å². The number of anilines is 1. The van der Waals surface area contributed by atoms with Gasteiger partial charge in [0.15, 0.2) is 11.6 Å². The molecule has 1 aromatic carbocycles. The highest BCUT2D eigenvalue weighted by atomic mass is 32.1. The average molecular weight is 370 g/mol. The summed E-state index contributed by atoms with van der Waals surface area (Å²) in [7, 11) is 0. The Bertz CT molecular complexity index is 821. The number of Topliss-reactive ketones (excluding diaryl/α,β-unsaturated/α-hetero) is 1. The molecule has 136 valence electrons. The van der Waals surface area contributed by atoms with Crippen LogP contribution in [0.4, 0.5) is 5.82 Å².